The molecule has 1 heterocycles. The van der Waals surface area contributed by atoms with E-state index in [9.17, 15) is 4.79 Å². The summed E-state index contributed by atoms with van der Waals surface area (Å²) in [6.07, 6.45) is 0.118. The van der Waals surface area contributed by atoms with Gasteiger partial charge in [-0.05, 0) is 41.4 Å². The lowest BCUT2D eigenvalue weighted by Gasteiger charge is -2.31. The average Bonchev–Trinajstić information content (AvgIpc) is 2.57. The molecule has 1 aromatic carbocycles. The van der Waals surface area contributed by atoms with Crippen molar-refractivity contribution in [1.29, 1.82) is 0 Å². The van der Waals surface area contributed by atoms with Crippen LogP contribution < -0.4 is 4.90 Å². The lowest BCUT2D eigenvalue weighted by molar-refractivity contribution is 0.167. The summed E-state index contributed by atoms with van der Waals surface area (Å²) in [4.78, 5) is 13.4. The molecule has 4 nitrogen and oxygen atoms in total. The first-order valence-electron chi connectivity index (χ1n) is 5.41. The van der Waals surface area contributed by atoms with Gasteiger partial charge in [-0.1, -0.05) is 12.1 Å². The molecule has 1 fully saturated rings. The Hall–Kier alpha value is -1.07. The summed E-state index contributed by atoms with van der Waals surface area (Å²) in [6.45, 7) is 2.23. The number of ether oxygens (including phenoxy) is 1. The van der Waals surface area contributed by atoms with E-state index in [0.717, 1.165) is 10.2 Å². The van der Waals surface area contributed by atoms with Gasteiger partial charge in [0, 0.05) is 11.1 Å². The Kier molecular flexibility index (Phi) is 3.40. The highest BCUT2D eigenvalue weighted by atomic mass is 79.9. The number of cyclic esters (lactones) is 1. The molecule has 0 saturated carbocycles. The number of halogens is 1. The molecule has 1 unspecified atom stereocenters. The number of carbonyl (C=O) groups excluding carboxylic acids is 1. The Bertz CT molecular complexity index is 438. The highest BCUT2D eigenvalue weighted by Crippen LogP contribution is 2.36. The second kappa shape index (κ2) is 4.66. The highest BCUT2D eigenvalue weighted by molar-refractivity contribution is 9.10. The Balaban J connectivity index is 2.41. The maximum atomic E-state index is 11.8. The zero-order valence-corrected chi connectivity index (χ0v) is 11.1. The summed E-state index contributed by atoms with van der Waals surface area (Å²) in [5.74, 6) is 0. The van der Waals surface area contributed by atoms with E-state index in [1.54, 1.807) is 4.90 Å². The van der Waals surface area contributed by atoms with Crippen LogP contribution >= 0.6 is 15.9 Å². The third-order valence-electron chi connectivity index (χ3n) is 2.97. The number of aliphatic hydroxyl groups excluding tert-OH is 1. The SMILES string of the molecule is CC1(CCO)COC(=O)N1c1ccccc1Br. The molecule has 1 aromatic rings. The van der Waals surface area contributed by atoms with E-state index in [0.29, 0.717) is 13.0 Å². The molecule has 0 spiro atoms. The van der Waals surface area contributed by atoms with Crippen LogP contribution in [0.3, 0.4) is 0 Å². The number of hydrogen-bond donors (Lipinski definition) is 1. The third-order valence-corrected chi connectivity index (χ3v) is 3.64. The lowest BCUT2D eigenvalue weighted by atomic mass is 9.97. The largest absolute Gasteiger partial charge is 0.447 e. The normalized spacial score (nSPS) is 23.9. The molecule has 1 aliphatic rings. The average molecular weight is 300 g/mol. The van der Waals surface area contributed by atoms with Crippen LogP contribution in [0.25, 0.3) is 0 Å². The van der Waals surface area contributed by atoms with Gasteiger partial charge in [0.1, 0.15) is 6.61 Å². The number of nitrogens with zero attached hydrogens (tertiary/aromatic N) is 1. The molecule has 92 valence electrons. The fourth-order valence-corrected chi connectivity index (χ4v) is 2.48. The maximum Gasteiger partial charge on any atom is 0.415 e. The first kappa shape index (κ1) is 12.4. The van der Waals surface area contributed by atoms with E-state index in [1.165, 1.54) is 0 Å². The van der Waals surface area contributed by atoms with Gasteiger partial charge in [-0.15, -0.1) is 0 Å². The quantitative estimate of drug-likeness (QED) is 0.933. The van der Waals surface area contributed by atoms with Crippen molar-refractivity contribution in [2.75, 3.05) is 18.1 Å². The van der Waals surface area contributed by atoms with Gasteiger partial charge < -0.3 is 9.84 Å². The molecular formula is C12H14BrNO3. The molecule has 1 N–H and O–H groups in total. The van der Waals surface area contributed by atoms with Crippen LogP contribution in [0.1, 0.15) is 13.3 Å². The second-order valence-electron chi connectivity index (χ2n) is 4.31. The number of benzene rings is 1. The molecule has 0 aromatic heterocycles. The number of para-hydroxylation sites is 1. The molecule has 1 atom stereocenters. The van der Waals surface area contributed by atoms with Crippen LogP contribution in [-0.4, -0.2) is 30.0 Å². The van der Waals surface area contributed by atoms with E-state index in [1.807, 2.05) is 31.2 Å². The fraction of sp³-hybridized carbons (Fsp3) is 0.417. The summed E-state index contributed by atoms with van der Waals surface area (Å²) in [5.41, 5.74) is 0.279. The molecule has 1 amide bonds. The molecule has 0 radical (unpaired) electrons. The fourth-order valence-electron chi connectivity index (χ4n) is 2.01. The first-order chi connectivity index (χ1) is 8.08. The van der Waals surface area contributed by atoms with Crippen molar-refractivity contribution in [3.63, 3.8) is 0 Å². The summed E-state index contributed by atoms with van der Waals surface area (Å²) >= 11 is 3.42. The van der Waals surface area contributed by atoms with Crippen molar-refractivity contribution in [2.45, 2.75) is 18.9 Å². The van der Waals surface area contributed by atoms with Crippen molar-refractivity contribution in [3.8, 4) is 0 Å². The van der Waals surface area contributed by atoms with Crippen LogP contribution in [0.5, 0.6) is 0 Å². The minimum atomic E-state index is -0.490. The van der Waals surface area contributed by atoms with Crippen molar-refractivity contribution < 1.29 is 14.6 Å². The number of carbonyl (C=O) groups is 1. The third kappa shape index (κ3) is 2.17. The monoisotopic (exact) mass is 299 g/mol. The van der Waals surface area contributed by atoms with Crippen LogP contribution in [0.2, 0.25) is 0 Å². The van der Waals surface area contributed by atoms with Gasteiger partial charge in [0.25, 0.3) is 0 Å². The van der Waals surface area contributed by atoms with Crippen LogP contribution in [0, 0.1) is 0 Å². The van der Waals surface area contributed by atoms with Crippen molar-refractivity contribution in [3.05, 3.63) is 28.7 Å². The highest BCUT2D eigenvalue weighted by Gasteiger charge is 2.44. The summed E-state index contributed by atoms with van der Waals surface area (Å²) in [6, 6.07) is 7.48. The Morgan fingerprint density at radius 1 is 1.53 bits per heavy atom. The van der Waals surface area contributed by atoms with Crippen molar-refractivity contribution in [2.24, 2.45) is 0 Å². The zero-order chi connectivity index (χ0) is 12.5. The molecule has 17 heavy (non-hydrogen) atoms. The van der Waals surface area contributed by atoms with Gasteiger partial charge in [0.05, 0.1) is 11.2 Å². The molecule has 5 heteroatoms. The summed E-state index contributed by atoms with van der Waals surface area (Å²) in [7, 11) is 0. The van der Waals surface area contributed by atoms with Crippen LogP contribution in [0.4, 0.5) is 10.5 Å². The summed E-state index contributed by atoms with van der Waals surface area (Å²) in [5, 5.41) is 9.11. The Morgan fingerprint density at radius 3 is 2.88 bits per heavy atom. The minimum Gasteiger partial charge on any atom is -0.447 e. The number of rotatable bonds is 3. The molecular weight excluding hydrogens is 286 g/mol. The minimum absolute atomic E-state index is 0.0219. The van der Waals surface area contributed by atoms with Gasteiger partial charge in [0.15, 0.2) is 0 Å². The Labute approximate surface area is 108 Å². The van der Waals surface area contributed by atoms with Crippen molar-refractivity contribution in [1.82, 2.24) is 0 Å². The molecule has 0 bridgehead atoms. The number of anilines is 1. The van der Waals surface area contributed by atoms with Crippen LogP contribution in [-0.2, 0) is 4.74 Å². The van der Waals surface area contributed by atoms with Crippen molar-refractivity contribution >= 4 is 27.7 Å². The maximum absolute atomic E-state index is 11.8. The molecule has 0 aliphatic carbocycles. The topological polar surface area (TPSA) is 49.8 Å². The molecule has 1 aliphatic heterocycles. The van der Waals surface area contributed by atoms with Crippen LogP contribution in [0.15, 0.2) is 28.7 Å². The van der Waals surface area contributed by atoms with Gasteiger partial charge in [0.2, 0.25) is 0 Å². The van der Waals surface area contributed by atoms with E-state index in [2.05, 4.69) is 15.9 Å². The molecule has 1 saturated heterocycles. The van der Waals surface area contributed by atoms with E-state index in [4.69, 9.17) is 9.84 Å². The molecule has 2 rings (SSSR count). The van der Waals surface area contributed by atoms with E-state index < -0.39 is 5.54 Å². The van der Waals surface area contributed by atoms with Gasteiger partial charge in [-0.2, -0.15) is 0 Å². The summed E-state index contributed by atoms with van der Waals surface area (Å²) < 4.78 is 5.93. The van der Waals surface area contributed by atoms with E-state index in [-0.39, 0.29) is 12.7 Å². The lowest BCUT2D eigenvalue weighted by Crippen LogP contribution is -2.45. The van der Waals surface area contributed by atoms with Gasteiger partial charge in [-0.25, -0.2) is 4.79 Å². The van der Waals surface area contributed by atoms with E-state index >= 15 is 0 Å². The first-order valence-corrected chi connectivity index (χ1v) is 6.20. The van der Waals surface area contributed by atoms with Gasteiger partial charge >= 0.3 is 6.09 Å². The standard InChI is InChI=1S/C12H14BrNO3/c1-12(6-7-15)8-17-11(16)14(12)10-5-3-2-4-9(10)13/h2-5,15H,6-8H2,1H3. The van der Waals surface area contributed by atoms with Gasteiger partial charge in [-0.3, -0.25) is 4.90 Å². The number of aliphatic hydroxyl groups is 1. The predicted octanol–water partition coefficient (Wildman–Crippen LogP) is 2.55. The second-order valence-corrected chi connectivity index (χ2v) is 5.17. The number of hydrogen-bond acceptors (Lipinski definition) is 3. The Morgan fingerprint density at radius 2 is 2.24 bits per heavy atom. The number of amides is 1. The predicted molar refractivity (Wildman–Crippen MR) is 68.1 cm³/mol. The smallest absolute Gasteiger partial charge is 0.415 e. The zero-order valence-electron chi connectivity index (χ0n) is 9.52.